The molecule has 0 aliphatic carbocycles. The van der Waals surface area contributed by atoms with Gasteiger partial charge in [0.05, 0.1) is 13.2 Å². The van der Waals surface area contributed by atoms with Gasteiger partial charge in [0.25, 0.3) is 5.91 Å². The van der Waals surface area contributed by atoms with Crippen LogP contribution in [0, 0.1) is 0 Å². The second-order valence-corrected chi connectivity index (χ2v) is 7.74. The molecule has 2 heterocycles. The quantitative estimate of drug-likeness (QED) is 0.658. The molecule has 0 radical (unpaired) electrons. The number of nitrogens with zero attached hydrogens (tertiary/aromatic N) is 1. The molecule has 1 amide bonds. The van der Waals surface area contributed by atoms with E-state index in [2.05, 4.69) is 0 Å². The largest absolute Gasteiger partial charge is 0.497 e. The Morgan fingerprint density at radius 2 is 1.81 bits per heavy atom. The van der Waals surface area contributed by atoms with Gasteiger partial charge in [-0.05, 0) is 47.0 Å². The third kappa shape index (κ3) is 3.32. The molecule has 0 saturated heterocycles. The second-order valence-electron chi connectivity index (χ2n) is 7.74. The highest BCUT2D eigenvalue weighted by Crippen LogP contribution is 2.44. The molecule has 0 unspecified atom stereocenters. The molecule has 0 fully saturated rings. The molecule has 7 heteroatoms. The van der Waals surface area contributed by atoms with Crippen LogP contribution in [0.15, 0.2) is 66.7 Å². The van der Waals surface area contributed by atoms with Gasteiger partial charge in [0.1, 0.15) is 11.7 Å². The van der Waals surface area contributed by atoms with Crippen LogP contribution in [0.2, 0.25) is 0 Å². The number of carbonyl (C=O) groups is 2. The van der Waals surface area contributed by atoms with Gasteiger partial charge < -0.3 is 24.2 Å². The highest BCUT2D eigenvalue weighted by Gasteiger charge is 2.44. The zero-order valence-corrected chi connectivity index (χ0v) is 17.4. The zero-order chi connectivity index (χ0) is 22.2. The highest BCUT2D eigenvalue weighted by atomic mass is 16.7. The standard InChI is InChI=1S/C25H21NO6/c1-30-17-9-7-16(8-10-17)23-22(25(28)29)18-4-2-3-5-19(18)24(27)26(23)13-15-6-11-20-21(12-15)32-14-31-20/h2-12,22-23H,13-14H2,1H3,(H,28,29)/t22-,23-/m1/s1. The van der Waals surface area contributed by atoms with E-state index in [0.717, 1.165) is 11.1 Å². The average molecular weight is 431 g/mol. The minimum absolute atomic E-state index is 0.157. The van der Waals surface area contributed by atoms with Crippen molar-refractivity contribution >= 4 is 11.9 Å². The molecular weight excluding hydrogens is 410 g/mol. The Balaban J connectivity index is 1.62. The molecule has 0 saturated carbocycles. The van der Waals surface area contributed by atoms with Crippen LogP contribution >= 0.6 is 0 Å². The van der Waals surface area contributed by atoms with E-state index < -0.39 is 17.9 Å². The van der Waals surface area contributed by atoms with E-state index in [1.54, 1.807) is 54.5 Å². The molecule has 32 heavy (non-hydrogen) atoms. The van der Waals surface area contributed by atoms with Crippen molar-refractivity contribution in [3.8, 4) is 17.2 Å². The molecule has 1 N–H and O–H groups in total. The van der Waals surface area contributed by atoms with Crippen LogP contribution in [-0.4, -0.2) is 35.8 Å². The molecule has 7 nitrogen and oxygen atoms in total. The maximum absolute atomic E-state index is 13.6. The summed E-state index contributed by atoms with van der Waals surface area (Å²) >= 11 is 0. The number of carboxylic acid groups (broad SMARTS) is 1. The summed E-state index contributed by atoms with van der Waals surface area (Å²) in [7, 11) is 1.57. The molecule has 2 atom stereocenters. The predicted molar refractivity (Wildman–Crippen MR) is 115 cm³/mol. The van der Waals surface area contributed by atoms with Crippen molar-refractivity contribution in [3.63, 3.8) is 0 Å². The van der Waals surface area contributed by atoms with Gasteiger partial charge in [0.2, 0.25) is 6.79 Å². The third-order valence-corrected chi connectivity index (χ3v) is 5.95. The molecule has 3 aromatic rings. The van der Waals surface area contributed by atoms with E-state index in [-0.39, 0.29) is 19.2 Å². The summed E-state index contributed by atoms with van der Waals surface area (Å²) in [6.07, 6.45) is 0. The number of benzene rings is 3. The minimum atomic E-state index is -0.985. The number of methoxy groups -OCH3 is 1. The number of fused-ring (bicyclic) bond motifs is 2. The van der Waals surface area contributed by atoms with Gasteiger partial charge in [0, 0.05) is 12.1 Å². The van der Waals surface area contributed by atoms with Crippen molar-refractivity contribution in [1.82, 2.24) is 4.90 Å². The summed E-state index contributed by atoms with van der Waals surface area (Å²) in [5, 5.41) is 10.2. The smallest absolute Gasteiger partial charge is 0.313 e. The van der Waals surface area contributed by atoms with Crippen LogP contribution in [0.1, 0.15) is 39.0 Å². The molecule has 2 aliphatic heterocycles. The normalized spacial score (nSPS) is 18.9. The van der Waals surface area contributed by atoms with Gasteiger partial charge in [0.15, 0.2) is 11.5 Å². The topological polar surface area (TPSA) is 85.3 Å². The van der Waals surface area contributed by atoms with Crippen LogP contribution < -0.4 is 14.2 Å². The summed E-state index contributed by atoms with van der Waals surface area (Å²) in [5.41, 5.74) is 2.48. The van der Waals surface area contributed by atoms with Crippen molar-refractivity contribution in [1.29, 1.82) is 0 Å². The Morgan fingerprint density at radius 1 is 1.06 bits per heavy atom. The summed E-state index contributed by atoms with van der Waals surface area (Å²) in [5.74, 6) is -0.183. The lowest BCUT2D eigenvalue weighted by molar-refractivity contribution is -0.140. The SMILES string of the molecule is COc1ccc([C@@H]2[C@H](C(=O)O)c3ccccc3C(=O)N2Cc2ccc3c(c2)OCO3)cc1. The first-order valence-electron chi connectivity index (χ1n) is 10.2. The number of aliphatic carboxylic acids is 1. The van der Waals surface area contributed by atoms with Crippen LogP contribution in [0.25, 0.3) is 0 Å². The number of ether oxygens (including phenoxy) is 3. The van der Waals surface area contributed by atoms with Crippen molar-refractivity contribution in [2.45, 2.75) is 18.5 Å². The van der Waals surface area contributed by atoms with Crippen LogP contribution in [0.4, 0.5) is 0 Å². The van der Waals surface area contributed by atoms with Crippen LogP contribution in [-0.2, 0) is 11.3 Å². The van der Waals surface area contributed by atoms with Gasteiger partial charge in [-0.2, -0.15) is 0 Å². The van der Waals surface area contributed by atoms with Crippen molar-refractivity contribution in [3.05, 3.63) is 89.0 Å². The fourth-order valence-corrected chi connectivity index (χ4v) is 4.44. The molecule has 0 bridgehead atoms. The molecule has 3 aromatic carbocycles. The maximum Gasteiger partial charge on any atom is 0.313 e. The summed E-state index contributed by atoms with van der Waals surface area (Å²) in [6.45, 7) is 0.384. The first kappa shape index (κ1) is 19.9. The maximum atomic E-state index is 13.6. The Kier molecular flexibility index (Phi) is 4.93. The third-order valence-electron chi connectivity index (χ3n) is 5.95. The Morgan fingerprint density at radius 3 is 2.56 bits per heavy atom. The number of amides is 1. The van der Waals surface area contributed by atoms with Crippen molar-refractivity contribution < 1.29 is 28.9 Å². The lowest BCUT2D eigenvalue weighted by Gasteiger charge is -2.41. The van der Waals surface area contributed by atoms with Gasteiger partial charge in [-0.1, -0.05) is 36.4 Å². The van der Waals surface area contributed by atoms with E-state index in [0.29, 0.717) is 28.4 Å². The van der Waals surface area contributed by atoms with E-state index >= 15 is 0 Å². The van der Waals surface area contributed by atoms with Gasteiger partial charge in [-0.25, -0.2) is 0 Å². The highest BCUT2D eigenvalue weighted by molar-refractivity contribution is 6.00. The number of carbonyl (C=O) groups excluding carboxylic acids is 1. The van der Waals surface area contributed by atoms with Gasteiger partial charge in [-0.15, -0.1) is 0 Å². The summed E-state index contributed by atoms with van der Waals surface area (Å²) in [4.78, 5) is 27.7. The number of carboxylic acids is 1. The monoisotopic (exact) mass is 431 g/mol. The van der Waals surface area contributed by atoms with Crippen LogP contribution in [0.3, 0.4) is 0 Å². The number of rotatable bonds is 5. The zero-order valence-electron chi connectivity index (χ0n) is 17.4. The van der Waals surface area contributed by atoms with Gasteiger partial charge in [-0.3, -0.25) is 9.59 Å². The Hall–Kier alpha value is -4.00. The van der Waals surface area contributed by atoms with Gasteiger partial charge >= 0.3 is 5.97 Å². The van der Waals surface area contributed by atoms with Crippen LogP contribution in [0.5, 0.6) is 17.2 Å². The first-order chi connectivity index (χ1) is 15.6. The van der Waals surface area contributed by atoms with E-state index in [1.807, 2.05) is 24.3 Å². The lowest BCUT2D eigenvalue weighted by atomic mass is 9.79. The fraction of sp³-hybridized carbons (Fsp3) is 0.200. The summed E-state index contributed by atoms with van der Waals surface area (Å²) < 4.78 is 16.1. The first-order valence-corrected chi connectivity index (χ1v) is 10.2. The molecule has 0 spiro atoms. The van der Waals surface area contributed by atoms with Crippen molar-refractivity contribution in [2.75, 3.05) is 13.9 Å². The lowest BCUT2D eigenvalue weighted by Crippen LogP contribution is -2.44. The van der Waals surface area contributed by atoms with Crippen molar-refractivity contribution in [2.24, 2.45) is 0 Å². The molecular formula is C25H21NO6. The molecule has 162 valence electrons. The Bertz CT molecular complexity index is 1190. The second kappa shape index (κ2) is 7.92. The molecule has 5 rings (SSSR count). The number of hydrogen-bond acceptors (Lipinski definition) is 5. The molecule has 0 aromatic heterocycles. The fourth-order valence-electron chi connectivity index (χ4n) is 4.44. The Labute approximate surface area is 184 Å². The predicted octanol–water partition coefficient (Wildman–Crippen LogP) is 3.99. The summed E-state index contributed by atoms with van der Waals surface area (Å²) in [6, 6.07) is 18.9. The van der Waals surface area contributed by atoms with E-state index in [1.165, 1.54) is 0 Å². The average Bonchev–Trinajstić information content (AvgIpc) is 3.28. The van der Waals surface area contributed by atoms with E-state index in [9.17, 15) is 14.7 Å². The number of hydrogen-bond donors (Lipinski definition) is 1. The molecule has 2 aliphatic rings. The van der Waals surface area contributed by atoms with E-state index in [4.69, 9.17) is 14.2 Å². The minimum Gasteiger partial charge on any atom is -0.497 e.